The average molecular weight is 537 g/mol. The molecule has 5 heteroatoms. The molecule has 2 fully saturated rings. The Morgan fingerprint density at radius 3 is 2.33 bits per heavy atom. The second-order valence-electron chi connectivity index (χ2n) is 11.4. The van der Waals surface area contributed by atoms with Crippen LogP contribution in [0.15, 0.2) is 97.1 Å². The number of ether oxygens (including phenoxy) is 1. The van der Waals surface area contributed by atoms with Gasteiger partial charge >= 0.3 is 5.97 Å². The highest BCUT2D eigenvalue weighted by Crippen LogP contribution is 2.32. The third kappa shape index (κ3) is 6.27. The van der Waals surface area contributed by atoms with Crippen LogP contribution in [-0.4, -0.2) is 48.5 Å². The molecule has 4 aromatic carbocycles. The smallest absolute Gasteiger partial charge is 0.310 e. The molecule has 0 spiro atoms. The second-order valence-corrected chi connectivity index (χ2v) is 11.4. The van der Waals surface area contributed by atoms with Crippen molar-refractivity contribution in [2.45, 2.75) is 31.9 Å². The fourth-order valence-corrected chi connectivity index (χ4v) is 6.56. The summed E-state index contributed by atoms with van der Waals surface area (Å²) < 4.78 is 19.3. The van der Waals surface area contributed by atoms with Gasteiger partial charge in [0.05, 0.1) is 5.92 Å². The quantitative estimate of drug-likeness (QED) is 0.236. The van der Waals surface area contributed by atoms with E-state index in [1.54, 1.807) is 12.1 Å². The Balaban J connectivity index is 1.13. The van der Waals surface area contributed by atoms with Crippen LogP contribution in [0.3, 0.4) is 0 Å². The van der Waals surface area contributed by atoms with Crippen molar-refractivity contribution in [1.82, 2.24) is 9.80 Å². The predicted molar refractivity (Wildman–Crippen MR) is 157 cm³/mol. The standard InChI is InChI=1S/C35H37FN2O2/c36-32-15-13-27(14-16-32)28-17-19-37(20-18-28)22-31-23-38(21-30-11-6-10-29-9-4-5-12-33(29)30)24-34(31)35(39)40-25-26-7-2-1-3-8-26/h1-16,28,31,34H,17-25H2/t31?,34-/m1/s1. The summed E-state index contributed by atoms with van der Waals surface area (Å²) in [6.45, 7) is 5.62. The summed E-state index contributed by atoms with van der Waals surface area (Å²) >= 11 is 0. The third-order valence-corrected chi connectivity index (χ3v) is 8.74. The van der Waals surface area contributed by atoms with Crippen LogP contribution in [0.1, 0.15) is 35.4 Å². The van der Waals surface area contributed by atoms with Crippen molar-refractivity contribution >= 4 is 16.7 Å². The molecule has 0 N–H and O–H groups in total. The molecule has 1 unspecified atom stereocenters. The molecule has 4 nitrogen and oxygen atoms in total. The fourth-order valence-electron chi connectivity index (χ4n) is 6.56. The van der Waals surface area contributed by atoms with E-state index in [0.29, 0.717) is 19.1 Å². The van der Waals surface area contributed by atoms with E-state index >= 15 is 0 Å². The lowest BCUT2D eigenvalue weighted by atomic mass is 9.88. The summed E-state index contributed by atoms with van der Waals surface area (Å²) in [5.41, 5.74) is 3.54. The number of nitrogens with zero attached hydrogens (tertiary/aromatic N) is 2. The molecule has 0 amide bonds. The number of esters is 1. The minimum absolute atomic E-state index is 0.0875. The topological polar surface area (TPSA) is 32.8 Å². The maximum absolute atomic E-state index is 13.4. The van der Waals surface area contributed by atoms with Crippen molar-refractivity contribution in [3.05, 3.63) is 120 Å². The lowest BCUT2D eigenvalue weighted by Crippen LogP contribution is -2.40. The highest BCUT2D eigenvalue weighted by molar-refractivity contribution is 5.85. The number of benzene rings is 4. The Hall–Kier alpha value is -3.54. The van der Waals surface area contributed by atoms with Gasteiger partial charge in [0.1, 0.15) is 12.4 Å². The van der Waals surface area contributed by atoms with Crippen molar-refractivity contribution in [3.8, 4) is 0 Å². The highest BCUT2D eigenvalue weighted by atomic mass is 19.1. The Morgan fingerprint density at radius 2 is 1.52 bits per heavy atom. The number of hydrogen-bond acceptors (Lipinski definition) is 4. The van der Waals surface area contributed by atoms with Gasteiger partial charge < -0.3 is 9.64 Å². The van der Waals surface area contributed by atoms with Gasteiger partial charge in [-0.3, -0.25) is 9.69 Å². The molecule has 2 saturated heterocycles. The van der Waals surface area contributed by atoms with E-state index in [2.05, 4.69) is 52.3 Å². The first-order valence-corrected chi connectivity index (χ1v) is 14.5. The van der Waals surface area contributed by atoms with Gasteiger partial charge in [-0.05, 0) is 77.4 Å². The summed E-state index contributed by atoms with van der Waals surface area (Å²) in [4.78, 5) is 18.4. The molecule has 0 aromatic heterocycles. The average Bonchev–Trinajstić information content (AvgIpc) is 3.39. The molecule has 6 rings (SSSR count). The van der Waals surface area contributed by atoms with Crippen LogP contribution in [-0.2, 0) is 22.7 Å². The number of carbonyl (C=O) groups excluding carboxylic acids is 1. The van der Waals surface area contributed by atoms with E-state index in [1.165, 1.54) is 21.9 Å². The molecular formula is C35H37FN2O2. The summed E-state index contributed by atoms with van der Waals surface area (Å²) in [6, 6.07) is 31.9. The number of hydrogen-bond donors (Lipinski definition) is 0. The highest BCUT2D eigenvalue weighted by Gasteiger charge is 2.40. The summed E-state index contributed by atoms with van der Waals surface area (Å²) in [5, 5.41) is 2.53. The minimum Gasteiger partial charge on any atom is -0.461 e. The molecule has 0 radical (unpaired) electrons. The normalized spacial score (nSPS) is 20.6. The predicted octanol–water partition coefficient (Wildman–Crippen LogP) is 6.65. The van der Waals surface area contributed by atoms with Crippen LogP contribution >= 0.6 is 0 Å². The van der Waals surface area contributed by atoms with Crippen LogP contribution in [0.5, 0.6) is 0 Å². The van der Waals surface area contributed by atoms with E-state index in [9.17, 15) is 9.18 Å². The Kier molecular flexibility index (Phi) is 8.22. The lowest BCUT2D eigenvalue weighted by Gasteiger charge is -2.34. The largest absolute Gasteiger partial charge is 0.461 e. The van der Waals surface area contributed by atoms with Gasteiger partial charge in [-0.2, -0.15) is 0 Å². The number of piperidine rings is 1. The maximum Gasteiger partial charge on any atom is 0.310 e. The van der Waals surface area contributed by atoms with Crippen LogP contribution in [0.2, 0.25) is 0 Å². The van der Waals surface area contributed by atoms with Crippen LogP contribution < -0.4 is 0 Å². The van der Waals surface area contributed by atoms with Crippen LogP contribution in [0.4, 0.5) is 4.39 Å². The first-order valence-electron chi connectivity index (χ1n) is 14.5. The molecule has 0 saturated carbocycles. The summed E-state index contributed by atoms with van der Waals surface area (Å²) in [6.07, 6.45) is 2.11. The van der Waals surface area contributed by atoms with Crippen molar-refractivity contribution in [3.63, 3.8) is 0 Å². The van der Waals surface area contributed by atoms with Crippen molar-refractivity contribution in [1.29, 1.82) is 0 Å². The monoisotopic (exact) mass is 536 g/mol. The Labute approximate surface area is 236 Å². The minimum atomic E-state index is -0.180. The first kappa shape index (κ1) is 26.7. The van der Waals surface area contributed by atoms with E-state index in [0.717, 1.165) is 51.1 Å². The van der Waals surface area contributed by atoms with Gasteiger partial charge in [0.2, 0.25) is 0 Å². The zero-order valence-electron chi connectivity index (χ0n) is 22.9. The molecule has 2 heterocycles. The van der Waals surface area contributed by atoms with Gasteiger partial charge in [0, 0.05) is 26.2 Å². The number of fused-ring (bicyclic) bond motifs is 1. The van der Waals surface area contributed by atoms with E-state index in [-0.39, 0.29) is 23.6 Å². The van der Waals surface area contributed by atoms with Crippen molar-refractivity contribution in [2.75, 3.05) is 32.7 Å². The van der Waals surface area contributed by atoms with Gasteiger partial charge in [0.25, 0.3) is 0 Å². The molecule has 4 aromatic rings. The molecule has 2 aliphatic rings. The summed E-state index contributed by atoms with van der Waals surface area (Å²) in [7, 11) is 0. The van der Waals surface area contributed by atoms with E-state index < -0.39 is 0 Å². The zero-order chi connectivity index (χ0) is 27.3. The third-order valence-electron chi connectivity index (χ3n) is 8.74. The first-order chi connectivity index (χ1) is 19.6. The summed E-state index contributed by atoms with van der Waals surface area (Å²) in [5.74, 6) is 0.278. The number of rotatable bonds is 8. The molecule has 0 bridgehead atoms. The van der Waals surface area contributed by atoms with Gasteiger partial charge in [0.15, 0.2) is 0 Å². The molecule has 2 atom stereocenters. The lowest BCUT2D eigenvalue weighted by molar-refractivity contribution is -0.151. The van der Waals surface area contributed by atoms with Crippen molar-refractivity contribution < 1.29 is 13.9 Å². The number of carbonyl (C=O) groups is 1. The zero-order valence-corrected chi connectivity index (χ0v) is 22.9. The van der Waals surface area contributed by atoms with Gasteiger partial charge in [-0.1, -0.05) is 84.9 Å². The molecule has 40 heavy (non-hydrogen) atoms. The van der Waals surface area contributed by atoms with Crippen LogP contribution in [0, 0.1) is 17.7 Å². The van der Waals surface area contributed by atoms with E-state index in [4.69, 9.17) is 4.74 Å². The SMILES string of the molecule is O=C(OCc1ccccc1)[C@@H]1CN(Cc2cccc3ccccc23)CC1CN1CCC(c2ccc(F)cc2)CC1. The van der Waals surface area contributed by atoms with Gasteiger partial charge in [-0.25, -0.2) is 4.39 Å². The van der Waals surface area contributed by atoms with Crippen LogP contribution in [0.25, 0.3) is 10.8 Å². The fraction of sp³-hybridized carbons (Fsp3) is 0.343. The molecule has 0 aliphatic carbocycles. The molecule has 2 aliphatic heterocycles. The molecule has 206 valence electrons. The molecular weight excluding hydrogens is 499 g/mol. The number of halogens is 1. The maximum atomic E-state index is 13.4. The second kappa shape index (κ2) is 12.3. The van der Waals surface area contributed by atoms with Gasteiger partial charge in [-0.15, -0.1) is 0 Å². The Bertz CT molecular complexity index is 1410. The Morgan fingerprint density at radius 1 is 0.800 bits per heavy atom. The number of likely N-dealkylation sites (tertiary alicyclic amines) is 2. The van der Waals surface area contributed by atoms with E-state index in [1.807, 2.05) is 42.5 Å². The van der Waals surface area contributed by atoms with Crippen molar-refractivity contribution in [2.24, 2.45) is 11.8 Å².